The predicted octanol–water partition coefficient (Wildman–Crippen LogP) is 4.08. The van der Waals surface area contributed by atoms with E-state index >= 15 is 0 Å². The summed E-state index contributed by atoms with van der Waals surface area (Å²) in [5, 5.41) is 9.56. The van der Waals surface area contributed by atoms with Crippen LogP contribution in [0.4, 0.5) is 5.69 Å². The number of hydrogen-bond donors (Lipinski definition) is 1. The smallest absolute Gasteiger partial charge is 0.262 e. The summed E-state index contributed by atoms with van der Waals surface area (Å²) >= 11 is 1.51. The third-order valence-electron chi connectivity index (χ3n) is 4.66. The Labute approximate surface area is 178 Å². The number of amides is 1. The lowest BCUT2D eigenvalue weighted by molar-refractivity contribution is -0.118. The van der Waals surface area contributed by atoms with Gasteiger partial charge in [0.2, 0.25) is 4.80 Å². The van der Waals surface area contributed by atoms with E-state index in [2.05, 4.69) is 48.1 Å². The van der Waals surface area contributed by atoms with Crippen molar-refractivity contribution >= 4 is 29.1 Å². The molecule has 2 aromatic carbocycles. The largest absolute Gasteiger partial charge is 0.482 e. The normalized spacial score (nSPS) is 13.8. The van der Waals surface area contributed by atoms with E-state index in [0.717, 1.165) is 28.0 Å². The zero-order valence-electron chi connectivity index (χ0n) is 16.7. The lowest BCUT2D eigenvalue weighted by Gasteiger charge is -2.18. The number of benzene rings is 2. The molecule has 1 amide bonds. The molecule has 1 aliphatic heterocycles. The van der Waals surface area contributed by atoms with Crippen molar-refractivity contribution in [3.05, 3.63) is 76.4 Å². The number of aryl methyl sites for hydroxylation is 1. The van der Waals surface area contributed by atoms with E-state index in [4.69, 9.17) is 9.84 Å². The predicted molar refractivity (Wildman–Crippen MR) is 121 cm³/mol. The van der Waals surface area contributed by atoms with Crippen LogP contribution >= 0.6 is 11.3 Å². The number of nitrogens with zero attached hydrogens (tertiary/aromatic N) is 3. The summed E-state index contributed by atoms with van der Waals surface area (Å²) in [6.07, 6.45) is 4.58. The average Bonchev–Trinajstić information content (AvgIpc) is 3.18. The van der Waals surface area contributed by atoms with E-state index in [1.54, 1.807) is 6.08 Å². The topological polar surface area (TPSA) is 68.0 Å². The zero-order valence-corrected chi connectivity index (χ0v) is 17.5. The first-order chi connectivity index (χ1) is 14.7. The van der Waals surface area contributed by atoms with Crippen LogP contribution in [0.15, 0.2) is 70.6 Å². The van der Waals surface area contributed by atoms with Crippen LogP contribution in [0.3, 0.4) is 0 Å². The van der Waals surface area contributed by atoms with Crippen LogP contribution in [0, 0.1) is 0 Å². The van der Waals surface area contributed by atoms with Crippen molar-refractivity contribution in [3.8, 4) is 17.0 Å². The van der Waals surface area contributed by atoms with Gasteiger partial charge in [0, 0.05) is 10.9 Å². The van der Waals surface area contributed by atoms with Crippen LogP contribution in [0.1, 0.15) is 18.1 Å². The van der Waals surface area contributed by atoms with Gasteiger partial charge in [-0.3, -0.25) is 9.79 Å². The van der Waals surface area contributed by atoms with Gasteiger partial charge in [0.25, 0.3) is 5.91 Å². The molecule has 0 saturated carbocycles. The van der Waals surface area contributed by atoms with Crippen LogP contribution in [0.25, 0.3) is 11.3 Å². The molecular weight excluding hydrogens is 396 g/mol. The standard InChI is InChI=1S/C23H22N4O2S/c1-3-11-24-23-27(25-13-17-7-5-16(4-2)6-8-17)20(15-30-23)18-9-10-21-19(12-18)26-22(28)14-29-21/h3,5-10,12-13,15H,1,4,11,14H2,2H3,(H,26,28). The van der Waals surface area contributed by atoms with Crippen molar-refractivity contribution in [2.24, 2.45) is 10.1 Å². The maximum atomic E-state index is 11.7. The third kappa shape index (κ3) is 4.26. The second kappa shape index (κ2) is 8.92. The maximum absolute atomic E-state index is 11.7. The molecule has 0 saturated heterocycles. The van der Waals surface area contributed by atoms with E-state index in [1.807, 2.05) is 34.5 Å². The number of aromatic nitrogens is 1. The number of carbonyl (C=O) groups excluding carboxylic acids is 1. The summed E-state index contributed by atoms with van der Waals surface area (Å²) in [7, 11) is 0. The van der Waals surface area contributed by atoms with E-state index < -0.39 is 0 Å². The van der Waals surface area contributed by atoms with E-state index in [-0.39, 0.29) is 12.5 Å². The minimum absolute atomic E-state index is 0.0382. The van der Waals surface area contributed by atoms with Gasteiger partial charge in [-0.15, -0.1) is 17.9 Å². The van der Waals surface area contributed by atoms with Gasteiger partial charge in [-0.2, -0.15) is 5.10 Å². The van der Waals surface area contributed by atoms with Gasteiger partial charge in [0.1, 0.15) is 5.75 Å². The molecule has 0 spiro atoms. The highest BCUT2D eigenvalue weighted by atomic mass is 32.1. The van der Waals surface area contributed by atoms with Gasteiger partial charge in [0.15, 0.2) is 6.61 Å². The molecule has 0 atom stereocenters. The number of rotatable bonds is 6. The highest BCUT2D eigenvalue weighted by molar-refractivity contribution is 7.07. The van der Waals surface area contributed by atoms with Crippen molar-refractivity contribution in [3.63, 3.8) is 0 Å². The quantitative estimate of drug-likeness (QED) is 0.484. The highest BCUT2D eigenvalue weighted by Gasteiger charge is 2.17. The molecule has 0 fully saturated rings. The molecule has 1 aromatic heterocycles. The zero-order chi connectivity index (χ0) is 20.9. The Balaban J connectivity index is 1.74. The Morgan fingerprint density at radius 2 is 2.10 bits per heavy atom. The van der Waals surface area contributed by atoms with Crippen LogP contribution in [0.5, 0.6) is 5.75 Å². The number of carbonyl (C=O) groups is 1. The Kier molecular flexibility index (Phi) is 5.90. The monoisotopic (exact) mass is 418 g/mol. The van der Waals surface area contributed by atoms with Gasteiger partial charge in [-0.05, 0) is 35.7 Å². The molecule has 152 valence electrons. The molecule has 1 aliphatic rings. The Morgan fingerprint density at radius 3 is 2.87 bits per heavy atom. The molecule has 0 aliphatic carbocycles. The van der Waals surface area contributed by atoms with Gasteiger partial charge >= 0.3 is 0 Å². The van der Waals surface area contributed by atoms with E-state index in [9.17, 15) is 4.79 Å². The molecule has 3 aromatic rings. The highest BCUT2D eigenvalue weighted by Crippen LogP contribution is 2.32. The van der Waals surface area contributed by atoms with Gasteiger partial charge < -0.3 is 10.1 Å². The molecule has 1 N–H and O–H groups in total. The Hall–Kier alpha value is -3.45. The average molecular weight is 419 g/mol. The fraction of sp³-hybridized carbons (Fsp3) is 0.174. The Bertz CT molecular complexity index is 1170. The summed E-state index contributed by atoms with van der Waals surface area (Å²) in [6, 6.07) is 14.0. The van der Waals surface area contributed by atoms with Gasteiger partial charge in [0.05, 0.1) is 24.1 Å². The third-order valence-corrected chi connectivity index (χ3v) is 5.51. The molecule has 0 radical (unpaired) electrons. The molecule has 30 heavy (non-hydrogen) atoms. The summed E-state index contributed by atoms with van der Waals surface area (Å²) in [5.41, 5.74) is 4.75. The first-order valence-electron chi connectivity index (χ1n) is 9.70. The molecular formula is C23H22N4O2S. The second-order valence-electron chi connectivity index (χ2n) is 6.73. The van der Waals surface area contributed by atoms with Crippen molar-refractivity contribution < 1.29 is 9.53 Å². The van der Waals surface area contributed by atoms with Crippen molar-refractivity contribution in [2.75, 3.05) is 18.5 Å². The fourth-order valence-corrected chi connectivity index (χ4v) is 3.91. The minimum atomic E-state index is -0.159. The molecule has 2 heterocycles. The number of anilines is 1. The van der Waals surface area contributed by atoms with Gasteiger partial charge in [-0.25, -0.2) is 4.68 Å². The Morgan fingerprint density at radius 1 is 1.27 bits per heavy atom. The molecule has 7 heteroatoms. The molecule has 0 bridgehead atoms. The van der Waals surface area contributed by atoms with Crippen molar-refractivity contribution in [1.82, 2.24) is 4.68 Å². The van der Waals surface area contributed by atoms with E-state index in [1.165, 1.54) is 16.9 Å². The van der Waals surface area contributed by atoms with Crippen molar-refractivity contribution in [1.29, 1.82) is 0 Å². The molecule has 0 unspecified atom stereocenters. The molecule has 4 rings (SSSR count). The first kappa shape index (κ1) is 19.8. The SMILES string of the molecule is C=CCN=c1scc(-c2ccc3c(c2)NC(=O)CO3)n1N=Cc1ccc(CC)cc1. The van der Waals surface area contributed by atoms with E-state index in [0.29, 0.717) is 18.0 Å². The molecule has 6 nitrogen and oxygen atoms in total. The first-order valence-corrected chi connectivity index (χ1v) is 10.6. The number of nitrogens with one attached hydrogen (secondary N) is 1. The van der Waals surface area contributed by atoms with Crippen molar-refractivity contribution in [2.45, 2.75) is 13.3 Å². The number of ether oxygens (including phenoxy) is 1. The number of hydrogen-bond acceptors (Lipinski definition) is 5. The minimum Gasteiger partial charge on any atom is -0.482 e. The lowest BCUT2D eigenvalue weighted by Crippen LogP contribution is -2.25. The van der Waals surface area contributed by atoms with Crippen LogP contribution in [0.2, 0.25) is 0 Å². The number of fused-ring (bicyclic) bond motifs is 1. The van der Waals surface area contributed by atoms with Crippen LogP contribution in [-0.4, -0.2) is 29.9 Å². The fourth-order valence-electron chi connectivity index (χ4n) is 3.07. The summed E-state index contributed by atoms with van der Waals surface area (Å²) in [6.45, 7) is 6.43. The summed E-state index contributed by atoms with van der Waals surface area (Å²) < 4.78 is 7.28. The maximum Gasteiger partial charge on any atom is 0.262 e. The second-order valence-corrected chi connectivity index (χ2v) is 7.57. The van der Waals surface area contributed by atoms with Crippen LogP contribution in [-0.2, 0) is 11.2 Å². The summed E-state index contributed by atoms with van der Waals surface area (Å²) in [5.74, 6) is 0.504. The lowest BCUT2D eigenvalue weighted by atomic mass is 10.1. The van der Waals surface area contributed by atoms with Gasteiger partial charge in [-0.1, -0.05) is 37.3 Å². The number of thiazole rings is 1. The van der Waals surface area contributed by atoms with Crippen LogP contribution < -0.4 is 14.9 Å². The summed E-state index contributed by atoms with van der Waals surface area (Å²) in [4.78, 5) is 17.0.